The van der Waals surface area contributed by atoms with Gasteiger partial charge in [-0.3, -0.25) is 4.79 Å². The molecule has 1 aromatic rings. The Labute approximate surface area is 101 Å². The number of esters is 1. The third-order valence-electron chi connectivity index (χ3n) is 2.06. The Morgan fingerprint density at radius 3 is 2.62 bits per heavy atom. The van der Waals surface area contributed by atoms with Crippen LogP contribution in [0, 0.1) is 0 Å². The molecule has 0 heterocycles. The maximum atomic E-state index is 11.4. The summed E-state index contributed by atoms with van der Waals surface area (Å²) in [5.74, 6) is -0.303. The van der Waals surface area contributed by atoms with Gasteiger partial charge in [-0.1, -0.05) is 29.8 Å². The summed E-state index contributed by atoms with van der Waals surface area (Å²) >= 11 is 5.98. The fraction of sp³-hybridized carbons (Fsp3) is 0.417. The number of hydrogen-bond acceptors (Lipinski definition) is 3. The zero-order valence-electron chi connectivity index (χ0n) is 9.44. The highest BCUT2D eigenvalue weighted by Gasteiger charge is 2.15. The summed E-state index contributed by atoms with van der Waals surface area (Å²) in [7, 11) is 0. The average Bonchev–Trinajstić information content (AvgIpc) is 2.16. The van der Waals surface area contributed by atoms with Crippen LogP contribution in [0.3, 0.4) is 0 Å². The third kappa shape index (κ3) is 3.83. The first kappa shape index (κ1) is 13.0. The van der Waals surface area contributed by atoms with E-state index in [1.54, 1.807) is 19.9 Å². The number of carbonyl (C=O) groups excluding carboxylic acids is 1. The second kappa shape index (κ2) is 5.87. The van der Waals surface area contributed by atoms with Crippen LogP contribution in [-0.2, 0) is 9.53 Å². The molecular formula is C12H16ClNO2. The standard InChI is InChI=1S/C12H16ClNO2/c1-8(2)16-12(15)7-11(14)9-5-3-4-6-10(9)13/h3-6,8,11H,7,14H2,1-2H3. The van der Waals surface area contributed by atoms with Crippen LogP contribution in [0.4, 0.5) is 0 Å². The molecule has 2 N–H and O–H groups in total. The number of nitrogens with two attached hydrogens (primary N) is 1. The molecule has 0 aliphatic heterocycles. The summed E-state index contributed by atoms with van der Waals surface area (Å²) in [5.41, 5.74) is 6.66. The molecule has 4 heteroatoms. The molecule has 0 aliphatic carbocycles. The first-order chi connectivity index (χ1) is 7.50. The van der Waals surface area contributed by atoms with Gasteiger partial charge in [-0.15, -0.1) is 0 Å². The summed E-state index contributed by atoms with van der Waals surface area (Å²) < 4.78 is 5.02. The number of benzene rings is 1. The van der Waals surface area contributed by atoms with Gasteiger partial charge >= 0.3 is 5.97 Å². The Hall–Kier alpha value is -1.06. The van der Waals surface area contributed by atoms with Crippen LogP contribution in [0.15, 0.2) is 24.3 Å². The van der Waals surface area contributed by atoms with Crippen molar-refractivity contribution in [2.24, 2.45) is 5.73 Å². The summed E-state index contributed by atoms with van der Waals surface area (Å²) in [6.07, 6.45) is 0.0213. The van der Waals surface area contributed by atoms with Gasteiger partial charge in [0, 0.05) is 11.1 Å². The molecule has 1 aromatic carbocycles. The molecule has 1 rings (SSSR count). The normalized spacial score (nSPS) is 12.6. The minimum absolute atomic E-state index is 0.119. The summed E-state index contributed by atoms with van der Waals surface area (Å²) in [6, 6.07) is 6.82. The lowest BCUT2D eigenvalue weighted by molar-refractivity contribution is -0.147. The molecule has 1 unspecified atom stereocenters. The van der Waals surface area contributed by atoms with Gasteiger partial charge in [-0.25, -0.2) is 0 Å². The second-order valence-electron chi connectivity index (χ2n) is 3.87. The Kier molecular flexibility index (Phi) is 4.77. The van der Waals surface area contributed by atoms with E-state index in [1.165, 1.54) is 0 Å². The first-order valence-corrected chi connectivity index (χ1v) is 5.58. The smallest absolute Gasteiger partial charge is 0.307 e. The highest BCUT2D eigenvalue weighted by atomic mass is 35.5. The third-order valence-corrected chi connectivity index (χ3v) is 2.40. The van der Waals surface area contributed by atoms with Crippen LogP contribution < -0.4 is 5.73 Å². The maximum Gasteiger partial charge on any atom is 0.307 e. The number of ether oxygens (including phenoxy) is 1. The van der Waals surface area contributed by atoms with Gasteiger partial charge in [-0.05, 0) is 25.5 Å². The molecule has 0 saturated heterocycles. The van der Waals surface area contributed by atoms with Crippen LogP contribution in [0.5, 0.6) is 0 Å². The average molecular weight is 242 g/mol. The second-order valence-corrected chi connectivity index (χ2v) is 4.28. The lowest BCUT2D eigenvalue weighted by Crippen LogP contribution is -2.19. The monoisotopic (exact) mass is 241 g/mol. The molecule has 0 amide bonds. The van der Waals surface area contributed by atoms with E-state index in [0.29, 0.717) is 5.02 Å². The molecule has 88 valence electrons. The Balaban J connectivity index is 2.62. The molecule has 0 fully saturated rings. The molecule has 0 aromatic heterocycles. The Bertz CT molecular complexity index is 366. The number of halogens is 1. The van der Waals surface area contributed by atoms with Crippen molar-refractivity contribution >= 4 is 17.6 Å². The molecule has 0 radical (unpaired) electrons. The van der Waals surface area contributed by atoms with E-state index in [4.69, 9.17) is 22.1 Å². The van der Waals surface area contributed by atoms with E-state index in [9.17, 15) is 4.79 Å². The van der Waals surface area contributed by atoms with E-state index >= 15 is 0 Å². The predicted molar refractivity (Wildman–Crippen MR) is 64.2 cm³/mol. The van der Waals surface area contributed by atoms with Crippen molar-refractivity contribution < 1.29 is 9.53 Å². The van der Waals surface area contributed by atoms with Crippen molar-refractivity contribution in [3.05, 3.63) is 34.9 Å². The summed E-state index contributed by atoms with van der Waals surface area (Å²) in [4.78, 5) is 11.4. The lowest BCUT2D eigenvalue weighted by atomic mass is 10.1. The molecule has 0 bridgehead atoms. The van der Waals surface area contributed by atoms with Gasteiger partial charge in [0.15, 0.2) is 0 Å². The topological polar surface area (TPSA) is 52.3 Å². The molecule has 1 atom stereocenters. The zero-order valence-corrected chi connectivity index (χ0v) is 10.2. The van der Waals surface area contributed by atoms with E-state index < -0.39 is 6.04 Å². The molecular weight excluding hydrogens is 226 g/mol. The van der Waals surface area contributed by atoms with E-state index in [-0.39, 0.29) is 18.5 Å². The minimum Gasteiger partial charge on any atom is -0.463 e. The molecule has 0 spiro atoms. The van der Waals surface area contributed by atoms with Crippen LogP contribution in [0.25, 0.3) is 0 Å². The largest absolute Gasteiger partial charge is 0.463 e. The first-order valence-electron chi connectivity index (χ1n) is 5.20. The highest BCUT2D eigenvalue weighted by molar-refractivity contribution is 6.31. The van der Waals surface area contributed by atoms with Gasteiger partial charge in [0.05, 0.1) is 12.5 Å². The van der Waals surface area contributed by atoms with E-state index in [0.717, 1.165) is 5.56 Å². The van der Waals surface area contributed by atoms with Gasteiger partial charge in [-0.2, -0.15) is 0 Å². The fourth-order valence-corrected chi connectivity index (χ4v) is 1.65. The Morgan fingerprint density at radius 2 is 2.06 bits per heavy atom. The summed E-state index contributed by atoms with van der Waals surface area (Å²) in [5, 5.41) is 0.576. The van der Waals surface area contributed by atoms with Gasteiger partial charge in [0.1, 0.15) is 0 Å². The molecule has 16 heavy (non-hydrogen) atoms. The van der Waals surface area contributed by atoms with Gasteiger partial charge < -0.3 is 10.5 Å². The van der Waals surface area contributed by atoms with Crippen LogP contribution in [-0.4, -0.2) is 12.1 Å². The summed E-state index contributed by atoms with van der Waals surface area (Å²) in [6.45, 7) is 3.61. The molecule has 0 saturated carbocycles. The maximum absolute atomic E-state index is 11.4. The SMILES string of the molecule is CC(C)OC(=O)CC(N)c1ccccc1Cl. The van der Waals surface area contributed by atoms with Crippen LogP contribution in [0.1, 0.15) is 31.9 Å². The van der Waals surface area contributed by atoms with Crippen molar-refractivity contribution in [3.8, 4) is 0 Å². The van der Waals surface area contributed by atoms with Crippen molar-refractivity contribution in [1.82, 2.24) is 0 Å². The number of hydrogen-bond donors (Lipinski definition) is 1. The number of rotatable bonds is 4. The number of carbonyl (C=O) groups is 1. The van der Waals surface area contributed by atoms with E-state index in [2.05, 4.69) is 0 Å². The lowest BCUT2D eigenvalue weighted by Gasteiger charge is -2.14. The quantitative estimate of drug-likeness (QED) is 0.825. The van der Waals surface area contributed by atoms with Crippen molar-refractivity contribution in [2.75, 3.05) is 0 Å². The van der Waals surface area contributed by atoms with Crippen molar-refractivity contribution in [3.63, 3.8) is 0 Å². The van der Waals surface area contributed by atoms with Crippen molar-refractivity contribution in [2.45, 2.75) is 32.4 Å². The predicted octanol–water partition coefficient (Wildman–Crippen LogP) is 2.68. The minimum atomic E-state index is -0.417. The fourth-order valence-electron chi connectivity index (χ4n) is 1.38. The molecule has 0 aliphatic rings. The van der Waals surface area contributed by atoms with Crippen LogP contribution in [0.2, 0.25) is 5.02 Å². The molecule has 3 nitrogen and oxygen atoms in total. The van der Waals surface area contributed by atoms with Crippen LogP contribution >= 0.6 is 11.6 Å². The Morgan fingerprint density at radius 1 is 1.44 bits per heavy atom. The zero-order chi connectivity index (χ0) is 12.1. The highest BCUT2D eigenvalue weighted by Crippen LogP contribution is 2.23. The van der Waals surface area contributed by atoms with Gasteiger partial charge in [0.2, 0.25) is 0 Å². The van der Waals surface area contributed by atoms with Gasteiger partial charge in [0.25, 0.3) is 0 Å². The van der Waals surface area contributed by atoms with E-state index in [1.807, 2.05) is 18.2 Å². The van der Waals surface area contributed by atoms with Crippen molar-refractivity contribution in [1.29, 1.82) is 0 Å².